The van der Waals surface area contributed by atoms with Gasteiger partial charge in [-0.15, -0.1) is 11.8 Å². The van der Waals surface area contributed by atoms with Crippen molar-refractivity contribution in [2.45, 2.75) is 31.0 Å². The van der Waals surface area contributed by atoms with Gasteiger partial charge in [-0.1, -0.05) is 12.1 Å². The molecule has 0 spiro atoms. The maximum atomic E-state index is 12.2. The van der Waals surface area contributed by atoms with Gasteiger partial charge < -0.3 is 10.1 Å². The largest absolute Gasteiger partial charge is 0.373 e. The summed E-state index contributed by atoms with van der Waals surface area (Å²) in [5.74, 6) is 0.0350. The molecule has 1 fully saturated rings. The minimum absolute atomic E-state index is 0.0350. The van der Waals surface area contributed by atoms with Crippen LogP contribution in [0.3, 0.4) is 0 Å². The lowest BCUT2D eigenvalue weighted by atomic mass is 10.2. The molecular weight excluding hydrogens is 272 g/mol. The van der Waals surface area contributed by atoms with Crippen LogP contribution in [-0.4, -0.2) is 48.9 Å². The second-order valence-corrected chi connectivity index (χ2v) is 6.05. The summed E-state index contributed by atoms with van der Waals surface area (Å²) in [6, 6.07) is 7.87. The topological polar surface area (TPSA) is 41.6 Å². The number of nitrogens with one attached hydrogen (secondary N) is 1. The Morgan fingerprint density at radius 2 is 2.00 bits per heavy atom. The monoisotopic (exact) mass is 294 g/mol. The average Bonchev–Trinajstić information content (AvgIpc) is 2.37. The summed E-state index contributed by atoms with van der Waals surface area (Å²) >= 11 is 1.64. The molecule has 2 atom stereocenters. The highest BCUT2D eigenvalue weighted by molar-refractivity contribution is 7.98. The fourth-order valence-electron chi connectivity index (χ4n) is 2.55. The minimum Gasteiger partial charge on any atom is -0.373 e. The van der Waals surface area contributed by atoms with Crippen molar-refractivity contribution < 1.29 is 9.53 Å². The number of morpholine rings is 1. The van der Waals surface area contributed by atoms with E-state index in [-0.39, 0.29) is 18.1 Å². The summed E-state index contributed by atoms with van der Waals surface area (Å²) in [4.78, 5) is 15.4. The second kappa shape index (κ2) is 7.11. The van der Waals surface area contributed by atoms with Crippen LogP contribution in [0.4, 0.5) is 5.69 Å². The number of thioether (sulfide) groups is 1. The fraction of sp³-hybridized carbons (Fsp3) is 0.533. The standard InChI is InChI=1S/C15H22N2O2S/c1-11-8-17(9-12(2)19-11)10-15(18)16-13-6-4-5-7-14(13)20-3/h4-7,11-12H,8-10H2,1-3H3,(H,16,18)/t11-,12+. The molecule has 1 aromatic rings. The lowest BCUT2D eigenvalue weighted by molar-refractivity contribution is -0.121. The third-order valence-electron chi connectivity index (χ3n) is 3.24. The molecule has 0 bridgehead atoms. The number of para-hydroxylation sites is 1. The first-order valence-electron chi connectivity index (χ1n) is 6.89. The van der Waals surface area contributed by atoms with Gasteiger partial charge in [0.05, 0.1) is 24.4 Å². The van der Waals surface area contributed by atoms with Gasteiger partial charge in [-0.05, 0) is 32.2 Å². The normalized spacial score (nSPS) is 23.6. The molecule has 0 saturated carbocycles. The maximum absolute atomic E-state index is 12.2. The van der Waals surface area contributed by atoms with Gasteiger partial charge in [0.2, 0.25) is 5.91 Å². The molecule has 5 heteroatoms. The molecule has 1 aliphatic heterocycles. The van der Waals surface area contributed by atoms with E-state index in [1.807, 2.05) is 44.4 Å². The molecule has 0 unspecified atom stereocenters. The zero-order chi connectivity index (χ0) is 14.5. The molecule has 0 aliphatic carbocycles. The van der Waals surface area contributed by atoms with Crippen molar-refractivity contribution >= 4 is 23.4 Å². The number of carbonyl (C=O) groups excluding carboxylic acids is 1. The van der Waals surface area contributed by atoms with Gasteiger partial charge in [-0.3, -0.25) is 9.69 Å². The Bertz CT molecular complexity index is 457. The van der Waals surface area contributed by atoms with E-state index in [2.05, 4.69) is 10.2 Å². The van der Waals surface area contributed by atoms with Crippen LogP contribution in [-0.2, 0) is 9.53 Å². The van der Waals surface area contributed by atoms with Crippen molar-refractivity contribution in [3.63, 3.8) is 0 Å². The van der Waals surface area contributed by atoms with Gasteiger partial charge in [0.1, 0.15) is 0 Å². The highest BCUT2D eigenvalue weighted by atomic mass is 32.2. The number of hydrogen-bond donors (Lipinski definition) is 1. The van der Waals surface area contributed by atoms with Gasteiger partial charge in [0, 0.05) is 18.0 Å². The third kappa shape index (κ3) is 4.23. The van der Waals surface area contributed by atoms with Crippen molar-refractivity contribution in [3.05, 3.63) is 24.3 Å². The lowest BCUT2D eigenvalue weighted by Gasteiger charge is -2.34. The summed E-state index contributed by atoms with van der Waals surface area (Å²) in [7, 11) is 0. The van der Waals surface area contributed by atoms with E-state index < -0.39 is 0 Å². The second-order valence-electron chi connectivity index (χ2n) is 5.20. The smallest absolute Gasteiger partial charge is 0.238 e. The summed E-state index contributed by atoms with van der Waals surface area (Å²) < 4.78 is 5.68. The molecule has 1 N–H and O–H groups in total. The zero-order valence-electron chi connectivity index (χ0n) is 12.3. The number of rotatable bonds is 4. The molecule has 4 nitrogen and oxygen atoms in total. The number of hydrogen-bond acceptors (Lipinski definition) is 4. The zero-order valence-corrected chi connectivity index (χ0v) is 13.1. The van der Waals surface area contributed by atoms with E-state index in [0.29, 0.717) is 6.54 Å². The molecule has 1 amide bonds. The van der Waals surface area contributed by atoms with Crippen LogP contribution in [0.1, 0.15) is 13.8 Å². The summed E-state index contributed by atoms with van der Waals surface area (Å²) in [6.45, 7) is 6.12. The van der Waals surface area contributed by atoms with Crippen LogP contribution in [0.5, 0.6) is 0 Å². The molecule has 1 saturated heterocycles. The Hall–Kier alpha value is -1.04. The molecule has 0 aromatic heterocycles. The Balaban J connectivity index is 1.92. The van der Waals surface area contributed by atoms with Crippen LogP contribution >= 0.6 is 11.8 Å². The first-order chi connectivity index (χ1) is 9.58. The van der Waals surface area contributed by atoms with E-state index in [0.717, 1.165) is 23.7 Å². The summed E-state index contributed by atoms with van der Waals surface area (Å²) in [5.41, 5.74) is 0.888. The van der Waals surface area contributed by atoms with Gasteiger partial charge in [-0.2, -0.15) is 0 Å². The van der Waals surface area contributed by atoms with Crippen molar-refractivity contribution in [1.29, 1.82) is 0 Å². The number of nitrogens with zero attached hydrogens (tertiary/aromatic N) is 1. The average molecular weight is 294 g/mol. The van der Waals surface area contributed by atoms with Crippen LogP contribution < -0.4 is 5.32 Å². The van der Waals surface area contributed by atoms with Crippen molar-refractivity contribution in [3.8, 4) is 0 Å². The molecule has 1 aromatic carbocycles. The van der Waals surface area contributed by atoms with E-state index in [4.69, 9.17) is 4.74 Å². The van der Waals surface area contributed by atoms with Crippen LogP contribution in [0.2, 0.25) is 0 Å². The van der Waals surface area contributed by atoms with Gasteiger partial charge in [0.25, 0.3) is 0 Å². The molecule has 110 valence electrons. The molecule has 0 radical (unpaired) electrons. The van der Waals surface area contributed by atoms with E-state index >= 15 is 0 Å². The number of anilines is 1. The highest BCUT2D eigenvalue weighted by Crippen LogP contribution is 2.24. The van der Waals surface area contributed by atoms with Crippen LogP contribution in [0.25, 0.3) is 0 Å². The van der Waals surface area contributed by atoms with Crippen molar-refractivity contribution in [1.82, 2.24) is 4.90 Å². The highest BCUT2D eigenvalue weighted by Gasteiger charge is 2.23. The number of amides is 1. The van der Waals surface area contributed by atoms with Crippen molar-refractivity contribution in [2.75, 3.05) is 31.2 Å². The Labute approximate surface area is 124 Å². The Kier molecular flexibility index (Phi) is 5.46. The Morgan fingerprint density at radius 3 is 2.65 bits per heavy atom. The predicted octanol–water partition coefficient (Wildman–Crippen LogP) is 2.46. The first kappa shape index (κ1) is 15.4. The van der Waals surface area contributed by atoms with Gasteiger partial charge in [0.15, 0.2) is 0 Å². The summed E-state index contributed by atoms with van der Waals surface area (Å²) in [6.07, 6.45) is 2.38. The number of ether oxygens (including phenoxy) is 1. The number of carbonyl (C=O) groups is 1. The molecule has 2 rings (SSSR count). The minimum atomic E-state index is 0.0350. The van der Waals surface area contributed by atoms with Gasteiger partial charge in [-0.25, -0.2) is 0 Å². The Morgan fingerprint density at radius 1 is 1.35 bits per heavy atom. The molecule has 1 heterocycles. The van der Waals surface area contributed by atoms with Gasteiger partial charge >= 0.3 is 0 Å². The third-order valence-corrected chi connectivity index (χ3v) is 4.04. The molecular formula is C15H22N2O2S. The van der Waals surface area contributed by atoms with E-state index in [1.165, 1.54) is 0 Å². The maximum Gasteiger partial charge on any atom is 0.238 e. The quantitative estimate of drug-likeness (QED) is 0.866. The molecule has 1 aliphatic rings. The fourth-order valence-corrected chi connectivity index (χ4v) is 3.11. The SMILES string of the molecule is CSc1ccccc1NC(=O)CN1C[C@@H](C)O[C@@H](C)C1. The van der Waals surface area contributed by atoms with E-state index in [1.54, 1.807) is 11.8 Å². The number of benzene rings is 1. The van der Waals surface area contributed by atoms with Crippen LogP contribution in [0, 0.1) is 0 Å². The lowest BCUT2D eigenvalue weighted by Crippen LogP contribution is -2.48. The summed E-state index contributed by atoms with van der Waals surface area (Å²) in [5, 5.41) is 3.00. The van der Waals surface area contributed by atoms with Crippen molar-refractivity contribution in [2.24, 2.45) is 0 Å². The van der Waals surface area contributed by atoms with E-state index in [9.17, 15) is 4.79 Å². The molecule has 20 heavy (non-hydrogen) atoms. The van der Waals surface area contributed by atoms with Crippen LogP contribution in [0.15, 0.2) is 29.2 Å². The first-order valence-corrected chi connectivity index (χ1v) is 8.11. The predicted molar refractivity (Wildman–Crippen MR) is 83.3 cm³/mol.